The maximum Gasteiger partial charge on any atom is 0.416 e. The number of benzene rings is 2. The lowest BCUT2D eigenvalue weighted by molar-refractivity contribution is -0.138. The summed E-state index contributed by atoms with van der Waals surface area (Å²) < 4.78 is 83.9. The van der Waals surface area contributed by atoms with Crippen molar-refractivity contribution in [2.45, 2.75) is 19.1 Å². The summed E-state index contributed by atoms with van der Waals surface area (Å²) in [5.41, 5.74) is -1.32. The molecule has 0 saturated heterocycles. The van der Waals surface area contributed by atoms with Crippen LogP contribution in [0.2, 0.25) is 10.0 Å². The van der Waals surface area contributed by atoms with Crippen molar-refractivity contribution in [3.8, 4) is 5.88 Å². The molecule has 2 heterocycles. The van der Waals surface area contributed by atoms with Gasteiger partial charge in [-0.2, -0.15) is 23.1 Å². The van der Waals surface area contributed by atoms with Crippen LogP contribution in [-0.2, 0) is 12.7 Å². The van der Waals surface area contributed by atoms with Gasteiger partial charge in [0.2, 0.25) is 11.8 Å². The van der Waals surface area contributed by atoms with Crippen LogP contribution in [0.5, 0.6) is 5.88 Å². The average Bonchev–Trinajstić information content (AvgIpc) is 3.23. The van der Waals surface area contributed by atoms with Gasteiger partial charge in [0.25, 0.3) is 12.3 Å². The molecule has 0 bridgehead atoms. The Hall–Kier alpha value is -3.71. The highest BCUT2D eigenvalue weighted by atomic mass is 35.5. The lowest BCUT2D eigenvalue weighted by Crippen LogP contribution is -2.25. The molecule has 0 unspecified atom stereocenters. The van der Waals surface area contributed by atoms with E-state index < -0.39 is 48.9 Å². The zero-order valence-electron chi connectivity index (χ0n) is 18.8. The molecule has 0 aliphatic rings. The number of amides is 1. The van der Waals surface area contributed by atoms with E-state index in [1.54, 1.807) is 0 Å². The molecular formula is C23H15Cl2F6N5O2. The second-order valence-electron chi connectivity index (χ2n) is 7.71. The lowest BCUT2D eigenvalue weighted by Gasteiger charge is -2.14. The molecule has 0 spiro atoms. The quantitative estimate of drug-likeness (QED) is 0.202. The van der Waals surface area contributed by atoms with Gasteiger partial charge in [-0.3, -0.25) is 4.79 Å². The van der Waals surface area contributed by atoms with Crippen molar-refractivity contribution in [1.82, 2.24) is 20.3 Å². The third-order valence-electron chi connectivity index (χ3n) is 5.04. The van der Waals surface area contributed by atoms with Crippen molar-refractivity contribution in [3.63, 3.8) is 0 Å². The highest BCUT2D eigenvalue weighted by Gasteiger charge is 2.33. The Labute approximate surface area is 220 Å². The first-order chi connectivity index (χ1) is 17.9. The molecule has 0 aliphatic heterocycles. The highest BCUT2D eigenvalue weighted by Crippen LogP contribution is 2.34. The smallest absolute Gasteiger partial charge is 0.416 e. The number of nitrogens with zero attached hydrogens (tertiary/aromatic N) is 2. The lowest BCUT2D eigenvalue weighted by atomic mass is 10.1. The largest absolute Gasteiger partial charge is 0.471 e. The number of hydrogen-bond donors (Lipinski definition) is 3. The molecule has 0 fully saturated rings. The van der Waals surface area contributed by atoms with Crippen LogP contribution in [0.3, 0.4) is 0 Å². The minimum absolute atomic E-state index is 0.000574. The third kappa shape index (κ3) is 6.22. The third-order valence-corrected chi connectivity index (χ3v) is 5.64. The summed E-state index contributed by atoms with van der Waals surface area (Å²) in [6.45, 7) is -1.62. The van der Waals surface area contributed by atoms with E-state index in [4.69, 9.17) is 27.9 Å². The fraction of sp³-hybridized carbons (Fsp3) is 0.174. The number of hydrogen-bond acceptors (Lipinski definition) is 5. The van der Waals surface area contributed by atoms with Crippen molar-refractivity contribution in [3.05, 3.63) is 75.0 Å². The predicted molar refractivity (Wildman–Crippen MR) is 128 cm³/mol. The monoisotopic (exact) mass is 577 g/mol. The maximum absolute atomic E-state index is 13.5. The van der Waals surface area contributed by atoms with Crippen LogP contribution in [0, 0.1) is 5.82 Å². The Bertz CT molecular complexity index is 1470. The summed E-state index contributed by atoms with van der Waals surface area (Å²) in [7, 11) is 0. The van der Waals surface area contributed by atoms with Crippen LogP contribution >= 0.6 is 23.2 Å². The van der Waals surface area contributed by atoms with Gasteiger partial charge in [0, 0.05) is 6.54 Å². The van der Waals surface area contributed by atoms with E-state index in [2.05, 4.69) is 25.6 Å². The zero-order valence-corrected chi connectivity index (χ0v) is 20.3. The van der Waals surface area contributed by atoms with Gasteiger partial charge in [0.1, 0.15) is 11.4 Å². The Morgan fingerprint density at radius 2 is 1.76 bits per heavy atom. The summed E-state index contributed by atoms with van der Waals surface area (Å²) >= 11 is 12.0. The molecule has 0 saturated carbocycles. The molecule has 0 radical (unpaired) electrons. The van der Waals surface area contributed by atoms with Crippen LogP contribution in [0.1, 0.15) is 21.5 Å². The number of anilines is 2. The number of alkyl halides is 5. The van der Waals surface area contributed by atoms with Crippen molar-refractivity contribution >= 4 is 51.9 Å². The molecule has 4 rings (SSSR count). The van der Waals surface area contributed by atoms with Crippen molar-refractivity contribution in [2.24, 2.45) is 0 Å². The number of nitrogens with one attached hydrogen (secondary N) is 3. The number of rotatable bonds is 8. The minimum Gasteiger partial charge on any atom is -0.471 e. The number of aromatic amines is 1. The number of fused-ring (bicyclic) bond motifs is 1. The van der Waals surface area contributed by atoms with E-state index in [9.17, 15) is 31.1 Å². The molecule has 38 heavy (non-hydrogen) atoms. The number of imidazole rings is 1. The summed E-state index contributed by atoms with van der Waals surface area (Å²) in [4.78, 5) is 23.8. The van der Waals surface area contributed by atoms with Crippen LogP contribution in [0.25, 0.3) is 11.2 Å². The molecule has 4 aromatic rings. The number of carbonyl (C=O) groups is 1. The van der Waals surface area contributed by atoms with E-state index in [1.807, 2.05) is 0 Å². The fourth-order valence-corrected chi connectivity index (χ4v) is 3.96. The standard InChI is InChI=1S/C23H15Cl2F6N5O2/c24-14-5-11(26)6-15(25)18(14)34-22-33-16-7-12(21(35-19(16)36-22)38-9-17(27)28)20(37)32-8-10-3-1-2-4-13(10)23(29,30)31/h1-7,17H,8-9H2,(H,32,37)(H2,33,34,35,36). The zero-order chi connectivity index (χ0) is 27.6. The summed E-state index contributed by atoms with van der Waals surface area (Å²) in [5, 5.41) is 4.93. The first-order valence-electron chi connectivity index (χ1n) is 10.6. The van der Waals surface area contributed by atoms with Gasteiger partial charge < -0.3 is 20.4 Å². The molecule has 0 atom stereocenters. The van der Waals surface area contributed by atoms with Crippen molar-refractivity contribution in [1.29, 1.82) is 0 Å². The number of aromatic nitrogens is 3. The van der Waals surface area contributed by atoms with Gasteiger partial charge in [-0.1, -0.05) is 41.4 Å². The first kappa shape index (κ1) is 27.3. The van der Waals surface area contributed by atoms with E-state index in [0.29, 0.717) is 0 Å². The minimum atomic E-state index is -4.65. The molecule has 200 valence electrons. The summed E-state index contributed by atoms with van der Waals surface area (Å²) in [5.74, 6) is -2.13. The van der Waals surface area contributed by atoms with Crippen molar-refractivity contribution in [2.75, 3.05) is 11.9 Å². The maximum atomic E-state index is 13.5. The number of carbonyl (C=O) groups excluding carboxylic acids is 1. The molecule has 7 nitrogen and oxygen atoms in total. The molecule has 15 heteroatoms. The molecule has 3 N–H and O–H groups in total. The second-order valence-corrected chi connectivity index (χ2v) is 8.52. The first-order valence-corrected chi connectivity index (χ1v) is 11.3. The molecule has 2 aromatic heterocycles. The van der Waals surface area contributed by atoms with Gasteiger partial charge in [-0.05, 0) is 29.8 Å². The van der Waals surface area contributed by atoms with Gasteiger partial charge in [0.05, 0.1) is 26.8 Å². The Kier molecular flexibility index (Phi) is 7.88. The Morgan fingerprint density at radius 3 is 2.42 bits per heavy atom. The SMILES string of the molecule is O=C(NCc1ccccc1C(F)(F)F)c1cc2[nH]c(Nc3c(Cl)cc(F)cc3Cl)nc2nc1OCC(F)F. The Morgan fingerprint density at radius 1 is 1.08 bits per heavy atom. The summed E-state index contributed by atoms with van der Waals surface area (Å²) in [6.07, 6.45) is -7.55. The topological polar surface area (TPSA) is 91.9 Å². The van der Waals surface area contributed by atoms with Gasteiger partial charge in [-0.25, -0.2) is 13.2 Å². The normalized spacial score (nSPS) is 11.7. The fourth-order valence-electron chi connectivity index (χ4n) is 3.40. The van der Waals surface area contributed by atoms with Crippen LogP contribution in [0.15, 0.2) is 42.5 Å². The average molecular weight is 578 g/mol. The molecular weight excluding hydrogens is 563 g/mol. The van der Waals surface area contributed by atoms with E-state index in [1.165, 1.54) is 24.3 Å². The Balaban J connectivity index is 1.64. The van der Waals surface area contributed by atoms with Crippen molar-refractivity contribution < 1.29 is 35.9 Å². The highest BCUT2D eigenvalue weighted by molar-refractivity contribution is 6.39. The van der Waals surface area contributed by atoms with E-state index in [-0.39, 0.29) is 44.0 Å². The second kappa shape index (κ2) is 11.0. The van der Waals surface area contributed by atoms with Crippen LogP contribution in [-0.4, -0.2) is 33.9 Å². The van der Waals surface area contributed by atoms with Crippen LogP contribution in [0.4, 0.5) is 38.0 Å². The molecule has 1 amide bonds. The van der Waals surface area contributed by atoms with E-state index in [0.717, 1.165) is 18.2 Å². The summed E-state index contributed by atoms with van der Waals surface area (Å²) in [6, 6.07) is 7.83. The van der Waals surface area contributed by atoms with E-state index >= 15 is 0 Å². The van der Waals surface area contributed by atoms with Gasteiger partial charge in [0.15, 0.2) is 12.3 Å². The van der Waals surface area contributed by atoms with Gasteiger partial charge in [-0.15, -0.1) is 0 Å². The number of ether oxygens (including phenoxy) is 1. The number of halogens is 8. The number of pyridine rings is 1. The molecule has 2 aromatic carbocycles. The van der Waals surface area contributed by atoms with Gasteiger partial charge >= 0.3 is 6.18 Å². The predicted octanol–water partition coefficient (Wildman–Crippen LogP) is 6.74. The van der Waals surface area contributed by atoms with Crippen LogP contribution < -0.4 is 15.4 Å². The molecule has 0 aliphatic carbocycles. The number of H-pyrrole nitrogens is 1.